The van der Waals surface area contributed by atoms with Crippen molar-refractivity contribution in [3.05, 3.63) is 65.7 Å². The summed E-state index contributed by atoms with van der Waals surface area (Å²) in [6, 6.07) is 17.9. The largest absolute Gasteiger partial charge is 0.507 e. The SMILES string of the molecule is C.CC(=O)c1cc(C(C)(C)C)cc(-c2cccc3ccccc23)c1O. The van der Waals surface area contributed by atoms with Gasteiger partial charge in [-0.2, -0.15) is 0 Å². The third kappa shape index (κ3) is 3.43. The van der Waals surface area contributed by atoms with Gasteiger partial charge in [-0.15, -0.1) is 0 Å². The number of ketones is 1. The van der Waals surface area contributed by atoms with Crippen molar-refractivity contribution < 1.29 is 9.90 Å². The number of fused-ring (bicyclic) bond motifs is 1. The van der Waals surface area contributed by atoms with Gasteiger partial charge in [0, 0.05) is 5.56 Å². The summed E-state index contributed by atoms with van der Waals surface area (Å²) < 4.78 is 0. The van der Waals surface area contributed by atoms with Crippen molar-refractivity contribution in [3.8, 4) is 16.9 Å². The average Bonchev–Trinajstić information content (AvgIpc) is 2.53. The lowest BCUT2D eigenvalue weighted by Gasteiger charge is -2.22. The molecule has 0 unspecified atom stereocenters. The summed E-state index contributed by atoms with van der Waals surface area (Å²) in [7, 11) is 0. The summed E-state index contributed by atoms with van der Waals surface area (Å²) in [5.74, 6) is -0.0630. The van der Waals surface area contributed by atoms with E-state index in [0.717, 1.165) is 21.9 Å². The minimum absolute atomic E-state index is 0. The Morgan fingerprint density at radius 2 is 1.56 bits per heavy atom. The van der Waals surface area contributed by atoms with Crippen LogP contribution in [0, 0.1) is 0 Å². The molecule has 0 bridgehead atoms. The molecular formula is C23H26O2. The summed E-state index contributed by atoms with van der Waals surface area (Å²) >= 11 is 0. The fourth-order valence-corrected chi connectivity index (χ4v) is 3.00. The van der Waals surface area contributed by atoms with Crippen LogP contribution in [0.25, 0.3) is 21.9 Å². The molecule has 0 amide bonds. The Labute approximate surface area is 150 Å². The standard InChI is InChI=1S/C22H22O2.CH4/c1-14(23)19-12-16(22(2,3)4)13-20(21(19)24)18-11-7-9-15-8-5-6-10-17(15)18;/h5-13,24H,1-4H3;1H4. The zero-order chi connectivity index (χ0) is 17.5. The predicted molar refractivity (Wildman–Crippen MR) is 106 cm³/mol. The topological polar surface area (TPSA) is 37.3 Å². The van der Waals surface area contributed by atoms with E-state index in [1.807, 2.05) is 42.5 Å². The maximum atomic E-state index is 12.0. The highest BCUT2D eigenvalue weighted by Crippen LogP contribution is 2.40. The van der Waals surface area contributed by atoms with Gasteiger partial charge in [-0.1, -0.05) is 70.7 Å². The van der Waals surface area contributed by atoms with Gasteiger partial charge in [-0.3, -0.25) is 4.79 Å². The van der Waals surface area contributed by atoms with Gasteiger partial charge in [0.2, 0.25) is 0 Å². The average molecular weight is 334 g/mol. The maximum absolute atomic E-state index is 12.0. The Bertz CT molecular complexity index is 925. The first-order chi connectivity index (χ1) is 11.3. The number of phenols is 1. The molecule has 1 N–H and O–H groups in total. The molecule has 3 rings (SSSR count). The molecule has 0 spiro atoms. The van der Waals surface area contributed by atoms with Crippen molar-refractivity contribution in [1.82, 2.24) is 0 Å². The Morgan fingerprint density at radius 3 is 2.20 bits per heavy atom. The van der Waals surface area contributed by atoms with E-state index in [1.165, 1.54) is 6.92 Å². The van der Waals surface area contributed by atoms with Crippen molar-refractivity contribution in [3.63, 3.8) is 0 Å². The van der Waals surface area contributed by atoms with E-state index in [4.69, 9.17) is 0 Å². The lowest BCUT2D eigenvalue weighted by atomic mass is 9.82. The molecule has 0 aliphatic rings. The van der Waals surface area contributed by atoms with Crippen molar-refractivity contribution in [2.24, 2.45) is 0 Å². The summed E-state index contributed by atoms with van der Waals surface area (Å²) in [5, 5.41) is 12.9. The van der Waals surface area contributed by atoms with E-state index in [-0.39, 0.29) is 24.4 Å². The minimum atomic E-state index is -0.125. The zero-order valence-electron chi connectivity index (χ0n) is 14.6. The lowest BCUT2D eigenvalue weighted by Crippen LogP contribution is -2.12. The van der Waals surface area contributed by atoms with Crippen LogP contribution in [0.5, 0.6) is 5.75 Å². The molecule has 0 aromatic heterocycles. The summed E-state index contributed by atoms with van der Waals surface area (Å²) in [6.45, 7) is 7.82. The van der Waals surface area contributed by atoms with Crippen LogP contribution >= 0.6 is 0 Å². The maximum Gasteiger partial charge on any atom is 0.163 e. The zero-order valence-corrected chi connectivity index (χ0v) is 14.6. The fraction of sp³-hybridized carbons (Fsp3) is 0.261. The molecule has 3 aromatic carbocycles. The van der Waals surface area contributed by atoms with Gasteiger partial charge in [0.15, 0.2) is 5.78 Å². The highest BCUT2D eigenvalue weighted by Gasteiger charge is 2.21. The predicted octanol–water partition coefficient (Wildman–Crippen LogP) is 6.35. The summed E-state index contributed by atoms with van der Waals surface area (Å²) in [5.41, 5.74) is 2.96. The van der Waals surface area contributed by atoms with Crippen LogP contribution in [0.4, 0.5) is 0 Å². The number of rotatable bonds is 2. The van der Waals surface area contributed by atoms with E-state index in [2.05, 4.69) is 32.9 Å². The van der Waals surface area contributed by atoms with Gasteiger partial charge in [0.25, 0.3) is 0 Å². The van der Waals surface area contributed by atoms with Crippen LogP contribution in [0.1, 0.15) is 51.0 Å². The van der Waals surface area contributed by atoms with E-state index >= 15 is 0 Å². The first kappa shape index (κ1) is 18.7. The smallest absolute Gasteiger partial charge is 0.163 e. The number of hydrogen-bond donors (Lipinski definition) is 1. The molecule has 25 heavy (non-hydrogen) atoms. The Hall–Kier alpha value is -2.61. The fourth-order valence-electron chi connectivity index (χ4n) is 3.00. The second kappa shape index (κ2) is 6.72. The molecule has 2 nitrogen and oxygen atoms in total. The number of aromatic hydroxyl groups is 1. The monoisotopic (exact) mass is 334 g/mol. The number of Topliss-reactive ketones (excluding diaryl/α,β-unsaturated/α-hetero) is 1. The molecule has 0 saturated carbocycles. The van der Waals surface area contributed by atoms with Crippen LogP contribution in [0.15, 0.2) is 54.6 Å². The van der Waals surface area contributed by atoms with Gasteiger partial charge in [0.1, 0.15) is 5.75 Å². The Morgan fingerprint density at radius 1 is 0.920 bits per heavy atom. The Kier molecular flexibility index (Phi) is 5.03. The van der Waals surface area contributed by atoms with Crippen LogP contribution in [-0.4, -0.2) is 10.9 Å². The molecular weight excluding hydrogens is 308 g/mol. The number of phenolic OH excluding ortho intramolecular Hbond substituents is 1. The van der Waals surface area contributed by atoms with Gasteiger partial charge in [-0.05, 0) is 46.4 Å². The minimum Gasteiger partial charge on any atom is -0.507 e. The van der Waals surface area contributed by atoms with Crippen LogP contribution < -0.4 is 0 Å². The summed E-state index contributed by atoms with van der Waals surface area (Å²) in [4.78, 5) is 12.0. The third-order valence-electron chi connectivity index (χ3n) is 4.44. The van der Waals surface area contributed by atoms with Gasteiger partial charge < -0.3 is 5.11 Å². The molecule has 0 saturated heterocycles. The molecule has 130 valence electrons. The number of benzene rings is 3. The van der Waals surface area contributed by atoms with Gasteiger partial charge in [-0.25, -0.2) is 0 Å². The molecule has 0 fully saturated rings. The van der Waals surface area contributed by atoms with E-state index < -0.39 is 0 Å². The molecule has 0 aliphatic carbocycles. The van der Waals surface area contributed by atoms with Crippen molar-refractivity contribution in [2.45, 2.75) is 40.5 Å². The molecule has 3 aromatic rings. The number of carbonyl (C=O) groups is 1. The first-order valence-electron chi connectivity index (χ1n) is 8.15. The number of carbonyl (C=O) groups excluding carboxylic acids is 1. The van der Waals surface area contributed by atoms with Crippen molar-refractivity contribution in [1.29, 1.82) is 0 Å². The molecule has 0 radical (unpaired) electrons. The summed E-state index contributed by atoms with van der Waals surface area (Å²) in [6.07, 6.45) is 0. The van der Waals surface area contributed by atoms with Crippen LogP contribution in [0.3, 0.4) is 0 Å². The number of hydrogen-bond acceptors (Lipinski definition) is 2. The van der Waals surface area contributed by atoms with Crippen LogP contribution in [-0.2, 0) is 5.41 Å². The Balaban J connectivity index is 0.00000225. The van der Waals surface area contributed by atoms with E-state index in [1.54, 1.807) is 0 Å². The quantitative estimate of drug-likeness (QED) is 0.554. The van der Waals surface area contributed by atoms with E-state index in [0.29, 0.717) is 11.1 Å². The van der Waals surface area contributed by atoms with Crippen LogP contribution in [0.2, 0.25) is 0 Å². The van der Waals surface area contributed by atoms with Crippen molar-refractivity contribution >= 4 is 16.6 Å². The normalized spacial score (nSPS) is 11.2. The molecule has 0 heterocycles. The second-order valence-electron chi connectivity index (χ2n) is 7.25. The van der Waals surface area contributed by atoms with Crippen molar-refractivity contribution in [2.75, 3.05) is 0 Å². The van der Waals surface area contributed by atoms with E-state index in [9.17, 15) is 9.90 Å². The highest BCUT2D eigenvalue weighted by atomic mass is 16.3. The highest BCUT2D eigenvalue weighted by molar-refractivity contribution is 6.03. The molecule has 0 aliphatic heterocycles. The lowest BCUT2D eigenvalue weighted by molar-refractivity contribution is 0.101. The first-order valence-corrected chi connectivity index (χ1v) is 8.15. The molecule has 0 atom stereocenters. The van der Waals surface area contributed by atoms with Gasteiger partial charge >= 0.3 is 0 Å². The third-order valence-corrected chi connectivity index (χ3v) is 4.44. The molecule has 2 heteroatoms. The second-order valence-corrected chi connectivity index (χ2v) is 7.25. The van der Waals surface area contributed by atoms with Gasteiger partial charge in [0.05, 0.1) is 5.56 Å².